The second-order valence-electron chi connectivity index (χ2n) is 3.96. The van der Waals surface area contributed by atoms with Crippen molar-refractivity contribution >= 4 is 11.5 Å². The second-order valence-corrected chi connectivity index (χ2v) is 3.96. The van der Waals surface area contributed by atoms with Gasteiger partial charge in [0.05, 0.1) is 0 Å². The molecule has 0 aromatic carbocycles. The number of carbonyl (C=O) groups is 1. The molecule has 1 fully saturated rings. The van der Waals surface area contributed by atoms with Crippen LogP contribution in [0.1, 0.15) is 51.9 Å². The molecule has 0 radical (unpaired) electrons. The molecule has 0 heterocycles. The van der Waals surface area contributed by atoms with E-state index in [-0.39, 0.29) is 11.7 Å². The van der Waals surface area contributed by atoms with Crippen LogP contribution in [0.3, 0.4) is 0 Å². The Labute approximate surface area is 85.1 Å². The van der Waals surface area contributed by atoms with E-state index < -0.39 is 0 Å². The number of nitrogens with zero attached hydrogens (tertiary/aromatic N) is 2. The first kappa shape index (κ1) is 11.1. The van der Waals surface area contributed by atoms with Crippen LogP contribution in [0.2, 0.25) is 0 Å². The number of ketones is 1. The highest BCUT2D eigenvalue weighted by Crippen LogP contribution is 2.22. The van der Waals surface area contributed by atoms with Crippen molar-refractivity contribution in [2.45, 2.75) is 51.9 Å². The van der Waals surface area contributed by atoms with Crippen LogP contribution in [-0.4, -0.2) is 16.3 Å². The number of Topliss-reactive ketones (excluding diaryl/α,β-unsaturated/α-hetero) is 1. The summed E-state index contributed by atoms with van der Waals surface area (Å²) < 4.78 is 0. The van der Waals surface area contributed by atoms with E-state index in [1.54, 1.807) is 0 Å². The molecule has 0 aliphatic heterocycles. The first-order valence-electron chi connectivity index (χ1n) is 5.53. The van der Waals surface area contributed by atoms with Gasteiger partial charge in [0.2, 0.25) is 0 Å². The number of rotatable bonds is 3. The summed E-state index contributed by atoms with van der Waals surface area (Å²) in [5.74, 6) is 0.157. The molecule has 0 aromatic heterocycles. The first-order valence-corrected chi connectivity index (χ1v) is 5.53. The Morgan fingerprint density at radius 1 is 1.50 bits per heavy atom. The summed E-state index contributed by atoms with van der Waals surface area (Å²) in [6, 6.07) is 0. The standard InChI is InChI=1S/C11H18N2O/c1-2-6-11(14)9-7-4-3-5-8-10(9)13-12/h9H,2-8H2,1H3. The maximum absolute atomic E-state index is 11.7. The van der Waals surface area contributed by atoms with Gasteiger partial charge in [0, 0.05) is 12.8 Å². The van der Waals surface area contributed by atoms with Gasteiger partial charge in [-0.05, 0) is 19.3 Å². The average Bonchev–Trinajstić information content (AvgIpc) is 2.42. The highest BCUT2D eigenvalue weighted by Gasteiger charge is 2.30. The maximum Gasteiger partial charge on any atom is 0.279 e. The minimum absolute atomic E-state index is 0.0950. The molecule has 14 heavy (non-hydrogen) atoms. The molecule has 1 aliphatic rings. The van der Waals surface area contributed by atoms with Crippen LogP contribution >= 0.6 is 0 Å². The van der Waals surface area contributed by atoms with Gasteiger partial charge in [-0.3, -0.25) is 4.79 Å². The molecule has 0 spiro atoms. The Balaban J connectivity index is 2.70. The van der Waals surface area contributed by atoms with E-state index in [1.807, 2.05) is 6.92 Å². The predicted octanol–water partition coefficient (Wildman–Crippen LogP) is 2.61. The van der Waals surface area contributed by atoms with Gasteiger partial charge >= 0.3 is 0 Å². The number of hydrogen-bond donors (Lipinski definition) is 0. The zero-order valence-electron chi connectivity index (χ0n) is 8.83. The van der Waals surface area contributed by atoms with Gasteiger partial charge < -0.3 is 5.53 Å². The molecule has 0 saturated heterocycles. The minimum atomic E-state index is -0.0950. The summed E-state index contributed by atoms with van der Waals surface area (Å²) in [5.41, 5.74) is 9.55. The normalized spacial score (nSPS) is 22.6. The fourth-order valence-corrected chi connectivity index (χ4v) is 2.06. The summed E-state index contributed by atoms with van der Waals surface area (Å²) in [7, 11) is 0. The Kier molecular flexibility index (Phi) is 4.54. The zero-order chi connectivity index (χ0) is 10.4. The lowest BCUT2D eigenvalue weighted by atomic mass is 9.91. The zero-order valence-corrected chi connectivity index (χ0v) is 8.83. The third-order valence-electron chi connectivity index (χ3n) is 2.84. The highest BCUT2D eigenvalue weighted by molar-refractivity contribution is 6.02. The molecule has 0 bridgehead atoms. The van der Waals surface area contributed by atoms with E-state index in [1.165, 1.54) is 0 Å². The van der Waals surface area contributed by atoms with Crippen molar-refractivity contribution in [3.63, 3.8) is 0 Å². The molecule has 78 valence electrons. The van der Waals surface area contributed by atoms with Crippen molar-refractivity contribution in [2.24, 2.45) is 5.92 Å². The molecule has 1 saturated carbocycles. The van der Waals surface area contributed by atoms with Gasteiger partial charge in [-0.2, -0.15) is 4.79 Å². The van der Waals surface area contributed by atoms with Gasteiger partial charge in [0.25, 0.3) is 5.71 Å². The van der Waals surface area contributed by atoms with Crippen molar-refractivity contribution in [3.05, 3.63) is 5.53 Å². The third kappa shape index (κ3) is 2.78. The maximum atomic E-state index is 11.7. The van der Waals surface area contributed by atoms with Crippen LogP contribution in [0.4, 0.5) is 0 Å². The summed E-state index contributed by atoms with van der Waals surface area (Å²) >= 11 is 0. The van der Waals surface area contributed by atoms with E-state index in [2.05, 4.69) is 4.79 Å². The van der Waals surface area contributed by atoms with Crippen molar-refractivity contribution in [1.82, 2.24) is 0 Å². The lowest BCUT2D eigenvalue weighted by molar-refractivity contribution is -0.122. The fraction of sp³-hybridized carbons (Fsp3) is 0.818. The second kappa shape index (κ2) is 5.71. The van der Waals surface area contributed by atoms with Crippen molar-refractivity contribution in [2.75, 3.05) is 0 Å². The quantitative estimate of drug-likeness (QED) is 0.387. The molecular formula is C11H18N2O. The van der Waals surface area contributed by atoms with E-state index in [4.69, 9.17) is 5.53 Å². The fourth-order valence-electron chi connectivity index (χ4n) is 2.06. The Morgan fingerprint density at radius 2 is 2.29 bits per heavy atom. The molecular weight excluding hydrogens is 176 g/mol. The lowest BCUT2D eigenvalue weighted by Gasteiger charge is -2.07. The molecule has 1 unspecified atom stereocenters. The average molecular weight is 194 g/mol. The van der Waals surface area contributed by atoms with Crippen molar-refractivity contribution in [3.8, 4) is 0 Å². The van der Waals surface area contributed by atoms with Gasteiger partial charge in [-0.15, -0.1) is 0 Å². The monoisotopic (exact) mass is 194 g/mol. The van der Waals surface area contributed by atoms with Crippen LogP contribution in [0.15, 0.2) is 0 Å². The smallest absolute Gasteiger partial charge is 0.279 e. The predicted molar refractivity (Wildman–Crippen MR) is 55.1 cm³/mol. The summed E-state index contributed by atoms with van der Waals surface area (Å²) in [5, 5.41) is 0. The number of hydrogen-bond acceptors (Lipinski definition) is 1. The lowest BCUT2D eigenvalue weighted by Crippen LogP contribution is -2.23. The molecule has 0 N–H and O–H groups in total. The van der Waals surface area contributed by atoms with Crippen LogP contribution in [0.25, 0.3) is 5.53 Å². The van der Waals surface area contributed by atoms with Gasteiger partial charge in [0.1, 0.15) is 11.7 Å². The van der Waals surface area contributed by atoms with E-state index in [9.17, 15) is 4.79 Å². The topological polar surface area (TPSA) is 53.5 Å². The molecule has 3 nitrogen and oxygen atoms in total. The van der Waals surface area contributed by atoms with Crippen molar-refractivity contribution < 1.29 is 9.58 Å². The molecule has 1 aliphatic carbocycles. The summed E-state index contributed by atoms with van der Waals surface area (Å²) in [6.07, 6.45) is 6.44. The summed E-state index contributed by atoms with van der Waals surface area (Å²) in [4.78, 5) is 15.0. The van der Waals surface area contributed by atoms with E-state index >= 15 is 0 Å². The van der Waals surface area contributed by atoms with Gasteiger partial charge in [0.15, 0.2) is 0 Å². The van der Waals surface area contributed by atoms with E-state index in [0.717, 1.165) is 38.5 Å². The van der Waals surface area contributed by atoms with Crippen LogP contribution in [0.5, 0.6) is 0 Å². The molecule has 0 amide bonds. The van der Waals surface area contributed by atoms with Crippen LogP contribution in [0, 0.1) is 5.92 Å². The van der Waals surface area contributed by atoms with Crippen LogP contribution < -0.4 is 0 Å². The van der Waals surface area contributed by atoms with Gasteiger partial charge in [-0.25, -0.2) is 0 Å². The molecule has 0 aromatic rings. The number of carbonyl (C=O) groups excluding carboxylic acids is 1. The SMILES string of the molecule is CCCC(=O)C1CCCCCC1=[N+]=[N-]. The molecule has 3 heteroatoms. The van der Waals surface area contributed by atoms with E-state index in [0.29, 0.717) is 12.1 Å². The van der Waals surface area contributed by atoms with Crippen molar-refractivity contribution in [1.29, 1.82) is 0 Å². The molecule has 1 rings (SSSR count). The highest BCUT2D eigenvalue weighted by atomic mass is 16.1. The summed E-state index contributed by atoms with van der Waals surface area (Å²) in [6.45, 7) is 2.00. The van der Waals surface area contributed by atoms with Gasteiger partial charge in [-0.1, -0.05) is 19.8 Å². The Hall–Kier alpha value is -0.950. The third-order valence-corrected chi connectivity index (χ3v) is 2.84. The molecule has 1 atom stereocenters. The van der Waals surface area contributed by atoms with Crippen LogP contribution in [-0.2, 0) is 4.79 Å². The Morgan fingerprint density at radius 3 is 2.93 bits per heavy atom. The largest absolute Gasteiger partial charge is 0.362 e. The minimum Gasteiger partial charge on any atom is -0.362 e. The Bertz CT molecular complexity index is 254. The first-order chi connectivity index (χ1) is 6.79.